The summed E-state index contributed by atoms with van der Waals surface area (Å²) in [5.74, 6) is -1.92. The van der Waals surface area contributed by atoms with E-state index in [-0.39, 0.29) is 21.8 Å². The second-order valence-corrected chi connectivity index (χ2v) is 7.09. The Balaban J connectivity index is 1.42. The Hall–Kier alpha value is -4.24. The van der Waals surface area contributed by atoms with E-state index in [4.69, 9.17) is 21.4 Å². The van der Waals surface area contributed by atoms with E-state index in [9.17, 15) is 14.4 Å². The standard InChI is InChI=1S/C22H15ClN4O5/c23-15-5-3-12(21(29)30)8-17(15)25-19(28)11-32-22(31)13-4-6-16-18(9-13)27-20(26-16)14-2-1-7-24-10-14/h1-10H,11H2,(H,25,28)(H,26,27)(H,29,30). The van der Waals surface area contributed by atoms with Crippen molar-refractivity contribution in [3.63, 3.8) is 0 Å². The van der Waals surface area contributed by atoms with Crippen LogP contribution in [0.4, 0.5) is 5.69 Å². The quantitative estimate of drug-likeness (QED) is 0.380. The predicted molar refractivity (Wildman–Crippen MR) is 117 cm³/mol. The largest absolute Gasteiger partial charge is 0.478 e. The van der Waals surface area contributed by atoms with Crippen molar-refractivity contribution in [2.24, 2.45) is 0 Å². The van der Waals surface area contributed by atoms with Gasteiger partial charge in [-0.1, -0.05) is 11.6 Å². The minimum atomic E-state index is -1.16. The number of anilines is 1. The number of nitrogens with zero attached hydrogens (tertiary/aromatic N) is 2. The minimum Gasteiger partial charge on any atom is -0.478 e. The number of amides is 1. The molecule has 2 aromatic heterocycles. The number of carbonyl (C=O) groups is 3. The Kier molecular flexibility index (Phi) is 5.82. The highest BCUT2D eigenvalue weighted by Crippen LogP contribution is 2.23. The van der Waals surface area contributed by atoms with Gasteiger partial charge in [-0.3, -0.25) is 9.78 Å². The molecule has 4 aromatic rings. The lowest BCUT2D eigenvalue weighted by molar-refractivity contribution is -0.119. The van der Waals surface area contributed by atoms with Crippen molar-refractivity contribution in [1.29, 1.82) is 0 Å². The van der Waals surface area contributed by atoms with Gasteiger partial charge in [0.1, 0.15) is 5.82 Å². The van der Waals surface area contributed by atoms with Crippen molar-refractivity contribution in [1.82, 2.24) is 15.0 Å². The first-order valence-corrected chi connectivity index (χ1v) is 9.68. The highest BCUT2D eigenvalue weighted by atomic mass is 35.5. The number of halogens is 1. The normalized spacial score (nSPS) is 10.7. The molecule has 9 nitrogen and oxygen atoms in total. The van der Waals surface area contributed by atoms with Crippen LogP contribution in [0.25, 0.3) is 22.4 Å². The number of nitrogens with one attached hydrogen (secondary N) is 2. The van der Waals surface area contributed by atoms with Crippen molar-refractivity contribution < 1.29 is 24.2 Å². The van der Waals surface area contributed by atoms with Crippen LogP contribution in [0.1, 0.15) is 20.7 Å². The van der Waals surface area contributed by atoms with E-state index < -0.39 is 24.5 Å². The third-order valence-electron chi connectivity index (χ3n) is 4.47. The number of rotatable bonds is 6. The maximum atomic E-state index is 12.4. The van der Waals surface area contributed by atoms with Crippen molar-refractivity contribution in [2.45, 2.75) is 0 Å². The number of pyridine rings is 1. The van der Waals surface area contributed by atoms with E-state index in [1.165, 1.54) is 18.2 Å². The molecule has 0 atom stereocenters. The smallest absolute Gasteiger partial charge is 0.338 e. The Labute approximate surface area is 186 Å². The molecule has 1 amide bonds. The van der Waals surface area contributed by atoms with Gasteiger partial charge in [0.25, 0.3) is 5.91 Å². The van der Waals surface area contributed by atoms with Gasteiger partial charge in [-0.2, -0.15) is 0 Å². The van der Waals surface area contributed by atoms with Crippen LogP contribution in [0.3, 0.4) is 0 Å². The Bertz CT molecular complexity index is 1340. The number of aromatic carboxylic acids is 1. The van der Waals surface area contributed by atoms with Crippen LogP contribution in [0.15, 0.2) is 60.9 Å². The summed E-state index contributed by atoms with van der Waals surface area (Å²) in [5.41, 5.74) is 2.38. The van der Waals surface area contributed by atoms with Gasteiger partial charge in [0, 0.05) is 18.0 Å². The molecule has 3 N–H and O–H groups in total. The number of carboxylic acids is 1. The zero-order valence-electron chi connectivity index (χ0n) is 16.3. The average molecular weight is 451 g/mol. The summed E-state index contributed by atoms with van der Waals surface area (Å²) in [4.78, 5) is 47.2. The number of hydrogen-bond donors (Lipinski definition) is 3. The van der Waals surface area contributed by atoms with Gasteiger partial charge in [-0.15, -0.1) is 0 Å². The molecule has 0 spiro atoms. The number of imidazole rings is 1. The van der Waals surface area contributed by atoms with Gasteiger partial charge in [0.15, 0.2) is 6.61 Å². The Morgan fingerprint density at radius 2 is 1.91 bits per heavy atom. The first-order valence-electron chi connectivity index (χ1n) is 9.31. The molecule has 2 aromatic carbocycles. The van der Waals surface area contributed by atoms with Crippen LogP contribution >= 0.6 is 11.6 Å². The number of aromatic nitrogens is 3. The molecule has 2 heterocycles. The van der Waals surface area contributed by atoms with Crippen LogP contribution in [-0.2, 0) is 9.53 Å². The molecule has 32 heavy (non-hydrogen) atoms. The topological polar surface area (TPSA) is 134 Å². The third kappa shape index (κ3) is 4.57. The third-order valence-corrected chi connectivity index (χ3v) is 4.80. The molecule has 160 valence electrons. The number of carboxylic acid groups (broad SMARTS) is 1. The lowest BCUT2D eigenvalue weighted by Gasteiger charge is -2.09. The number of hydrogen-bond acceptors (Lipinski definition) is 6. The molecule has 0 bridgehead atoms. The Morgan fingerprint density at radius 1 is 1.09 bits per heavy atom. The number of aromatic amines is 1. The van der Waals surface area contributed by atoms with Crippen molar-refractivity contribution >= 4 is 46.2 Å². The molecule has 0 aliphatic heterocycles. The number of ether oxygens (including phenoxy) is 1. The molecule has 10 heteroatoms. The van der Waals surface area contributed by atoms with Crippen LogP contribution < -0.4 is 5.32 Å². The van der Waals surface area contributed by atoms with E-state index in [1.54, 1.807) is 36.7 Å². The highest BCUT2D eigenvalue weighted by Gasteiger charge is 2.15. The van der Waals surface area contributed by atoms with Crippen LogP contribution in [0.2, 0.25) is 5.02 Å². The first-order chi connectivity index (χ1) is 15.4. The molecule has 0 fully saturated rings. The monoisotopic (exact) mass is 450 g/mol. The molecule has 4 rings (SSSR count). The highest BCUT2D eigenvalue weighted by molar-refractivity contribution is 6.33. The maximum absolute atomic E-state index is 12.4. The SMILES string of the molecule is O=C(COC(=O)c1ccc2nc(-c3cccnc3)[nH]c2c1)Nc1cc(C(=O)O)ccc1Cl. The molecule has 0 aliphatic carbocycles. The van der Waals surface area contributed by atoms with E-state index in [2.05, 4.69) is 20.3 Å². The van der Waals surface area contributed by atoms with E-state index in [1.807, 2.05) is 6.07 Å². The molecule has 0 saturated heterocycles. The minimum absolute atomic E-state index is 0.0415. The predicted octanol–water partition coefficient (Wildman–Crippen LogP) is 3.77. The van der Waals surface area contributed by atoms with Gasteiger partial charge in [0.2, 0.25) is 0 Å². The number of fused-ring (bicyclic) bond motifs is 1. The van der Waals surface area contributed by atoms with Crippen LogP contribution in [0.5, 0.6) is 0 Å². The Morgan fingerprint density at radius 3 is 2.66 bits per heavy atom. The fourth-order valence-electron chi connectivity index (χ4n) is 2.93. The number of carbonyl (C=O) groups excluding carboxylic acids is 2. The van der Waals surface area contributed by atoms with Gasteiger partial charge in [-0.05, 0) is 48.5 Å². The summed E-state index contributed by atoms with van der Waals surface area (Å²) >= 11 is 5.98. The molecule has 0 radical (unpaired) electrons. The molecular formula is C22H15ClN4O5. The summed E-state index contributed by atoms with van der Waals surface area (Å²) in [6, 6.07) is 12.3. The van der Waals surface area contributed by atoms with Crippen molar-refractivity contribution in [3.05, 3.63) is 77.1 Å². The maximum Gasteiger partial charge on any atom is 0.338 e. The summed E-state index contributed by atoms with van der Waals surface area (Å²) in [5, 5.41) is 11.6. The van der Waals surface area contributed by atoms with E-state index in [0.29, 0.717) is 16.9 Å². The molecule has 0 saturated carbocycles. The fourth-order valence-corrected chi connectivity index (χ4v) is 3.10. The molecule has 0 unspecified atom stereocenters. The van der Waals surface area contributed by atoms with Gasteiger partial charge < -0.3 is 20.1 Å². The first kappa shape index (κ1) is 21.0. The molecule has 0 aliphatic rings. The van der Waals surface area contributed by atoms with E-state index >= 15 is 0 Å². The van der Waals surface area contributed by atoms with Crippen molar-refractivity contribution in [3.8, 4) is 11.4 Å². The summed E-state index contributed by atoms with van der Waals surface area (Å²) in [7, 11) is 0. The zero-order valence-corrected chi connectivity index (χ0v) is 17.1. The zero-order chi connectivity index (χ0) is 22.7. The summed E-state index contributed by atoms with van der Waals surface area (Å²) < 4.78 is 5.07. The van der Waals surface area contributed by atoms with Crippen LogP contribution in [-0.4, -0.2) is 44.5 Å². The number of benzene rings is 2. The summed E-state index contributed by atoms with van der Waals surface area (Å²) in [6.07, 6.45) is 3.33. The van der Waals surface area contributed by atoms with Gasteiger partial charge in [0.05, 0.1) is 32.9 Å². The lowest BCUT2D eigenvalue weighted by atomic mass is 10.2. The van der Waals surface area contributed by atoms with Gasteiger partial charge >= 0.3 is 11.9 Å². The lowest BCUT2D eigenvalue weighted by Crippen LogP contribution is -2.21. The second-order valence-electron chi connectivity index (χ2n) is 6.68. The van der Waals surface area contributed by atoms with E-state index in [0.717, 1.165) is 5.56 Å². The fraction of sp³-hybridized carbons (Fsp3) is 0.0455. The van der Waals surface area contributed by atoms with Crippen LogP contribution in [0, 0.1) is 0 Å². The number of H-pyrrole nitrogens is 1. The average Bonchev–Trinajstić information content (AvgIpc) is 3.23. The number of esters is 1. The van der Waals surface area contributed by atoms with Crippen molar-refractivity contribution in [2.75, 3.05) is 11.9 Å². The molecular weight excluding hydrogens is 436 g/mol. The van der Waals surface area contributed by atoms with Gasteiger partial charge in [-0.25, -0.2) is 14.6 Å². The summed E-state index contributed by atoms with van der Waals surface area (Å²) in [6.45, 7) is -0.575. The second kappa shape index (κ2) is 8.86.